The van der Waals surface area contributed by atoms with Gasteiger partial charge in [-0.2, -0.15) is 0 Å². The van der Waals surface area contributed by atoms with Crippen LogP contribution in [-0.2, 0) is 4.79 Å². The number of nitrogens with two attached hydrogens (primary N) is 2. The number of aromatic hydroxyl groups is 1. The minimum absolute atomic E-state index is 0.162. The first-order chi connectivity index (χ1) is 16.6. The topological polar surface area (TPSA) is 99.1 Å². The molecule has 1 amide bonds. The van der Waals surface area contributed by atoms with Gasteiger partial charge in [0, 0.05) is 62.5 Å². The van der Waals surface area contributed by atoms with Crippen LogP contribution < -0.4 is 16.4 Å². The van der Waals surface area contributed by atoms with Gasteiger partial charge in [-0.25, -0.2) is 4.39 Å². The van der Waals surface area contributed by atoms with Crippen molar-refractivity contribution in [1.29, 1.82) is 0 Å². The maximum absolute atomic E-state index is 14.7. The Morgan fingerprint density at radius 2 is 2.00 bits per heavy atom. The number of amides is 1. The quantitative estimate of drug-likeness (QED) is 0.370. The van der Waals surface area contributed by atoms with Gasteiger partial charge in [-0.05, 0) is 48.2 Å². The van der Waals surface area contributed by atoms with E-state index in [2.05, 4.69) is 6.92 Å². The Labute approximate surface area is 210 Å². The van der Waals surface area contributed by atoms with Crippen molar-refractivity contribution in [2.45, 2.75) is 13.3 Å². The lowest BCUT2D eigenvalue weighted by atomic mass is 9.96. The van der Waals surface area contributed by atoms with Crippen molar-refractivity contribution in [3.63, 3.8) is 0 Å². The molecule has 7 nitrogen and oxygen atoms in total. The number of halogens is 2. The molecule has 1 heterocycles. The summed E-state index contributed by atoms with van der Waals surface area (Å²) in [4.78, 5) is 16.7. The fourth-order valence-electron chi connectivity index (χ4n) is 3.94. The molecule has 2 aromatic carbocycles. The zero-order valence-electron chi connectivity index (χ0n) is 20.1. The highest BCUT2D eigenvalue weighted by molar-refractivity contribution is 6.34. The van der Waals surface area contributed by atoms with Crippen LogP contribution in [0.25, 0.3) is 16.7 Å². The molecule has 0 bridgehead atoms. The van der Waals surface area contributed by atoms with Gasteiger partial charge in [-0.15, -0.1) is 0 Å². The summed E-state index contributed by atoms with van der Waals surface area (Å²) in [7, 11) is 3.65. The van der Waals surface area contributed by atoms with E-state index in [0.29, 0.717) is 35.0 Å². The third-order valence-corrected chi connectivity index (χ3v) is 6.14. The average Bonchev–Trinajstić information content (AvgIpc) is 3.26. The number of anilines is 1. The van der Waals surface area contributed by atoms with Gasteiger partial charge in [-0.1, -0.05) is 24.6 Å². The first kappa shape index (κ1) is 26.0. The van der Waals surface area contributed by atoms with Crippen LogP contribution in [0.15, 0.2) is 60.8 Å². The molecule has 0 spiro atoms. The van der Waals surface area contributed by atoms with E-state index in [1.165, 1.54) is 23.2 Å². The normalized spacial score (nSPS) is 16.7. The smallest absolute Gasteiger partial charge is 0.218 e. The van der Waals surface area contributed by atoms with E-state index in [1.807, 2.05) is 19.0 Å². The molecule has 35 heavy (non-hydrogen) atoms. The zero-order valence-corrected chi connectivity index (χ0v) is 20.8. The molecule has 1 unspecified atom stereocenters. The van der Waals surface area contributed by atoms with E-state index >= 15 is 0 Å². The van der Waals surface area contributed by atoms with Crippen LogP contribution in [0, 0.1) is 11.7 Å². The number of allylic oxidation sites excluding steroid dienone is 2. The van der Waals surface area contributed by atoms with Crippen LogP contribution in [-0.4, -0.2) is 48.5 Å². The van der Waals surface area contributed by atoms with Gasteiger partial charge in [0.15, 0.2) is 0 Å². The number of likely N-dealkylation sites (tertiary alicyclic amines) is 1. The first-order valence-corrected chi connectivity index (χ1v) is 11.6. The summed E-state index contributed by atoms with van der Waals surface area (Å²) in [5.41, 5.74) is 13.9. The summed E-state index contributed by atoms with van der Waals surface area (Å²) in [5, 5.41) is 11.3. The molecular weight excluding hydrogens is 469 g/mol. The van der Waals surface area contributed by atoms with Gasteiger partial charge < -0.3 is 26.4 Å². The first-order valence-electron chi connectivity index (χ1n) is 11.2. The number of phenols is 1. The average molecular weight is 500 g/mol. The molecule has 1 atom stereocenters. The Balaban J connectivity index is 1.99. The van der Waals surface area contributed by atoms with Crippen LogP contribution in [0.1, 0.15) is 18.9 Å². The Bertz CT molecular complexity index is 1180. The summed E-state index contributed by atoms with van der Waals surface area (Å²) < 4.78 is 14.7. The molecular formula is C26H31ClFN5O2. The molecule has 9 heteroatoms. The zero-order chi connectivity index (χ0) is 25.7. The van der Waals surface area contributed by atoms with E-state index in [4.69, 9.17) is 23.1 Å². The fraction of sp³-hybridized carbons (Fsp3) is 0.269. The van der Waals surface area contributed by atoms with Crippen LogP contribution in [0.4, 0.5) is 10.1 Å². The molecule has 2 aromatic rings. The van der Waals surface area contributed by atoms with Crippen molar-refractivity contribution < 1.29 is 14.3 Å². The molecule has 3 rings (SSSR count). The molecule has 0 radical (unpaired) electrons. The Morgan fingerprint density at radius 3 is 2.57 bits per heavy atom. The minimum Gasteiger partial charge on any atom is -0.507 e. The lowest BCUT2D eigenvalue weighted by Crippen LogP contribution is -2.25. The molecule has 186 valence electrons. The summed E-state index contributed by atoms with van der Waals surface area (Å²) >= 11 is 6.46. The number of benzene rings is 2. The summed E-state index contributed by atoms with van der Waals surface area (Å²) in [6.07, 6.45) is 7.88. The van der Waals surface area contributed by atoms with E-state index in [-0.39, 0.29) is 21.9 Å². The molecule has 1 aliphatic rings. The van der Waals surface area contributed by atoms with Crippen LogP contribution in [0.3, 0.4) is 0 Å². The van der Waals surface area contributed by atoms with Gasteiger partial charge in [0.2, 0.25) is 6.41 Å². The second kappa shape index (κ2) is 11.2. The van der Waals surface area contributed by atoms with Crippen molar-refractivity contribution in [2.75, 3.05) is 32.1 Å². The number of carbonyl (C=O) groups is 1. The lowest BCUT2D eigenvalue weighted by Gasteiger charge is -2.19. The van der Waals surface area contributed by atoms with Gasteiger partial charge in [-0.3, -0.25) is 9.69 Å². The highest BCUT2D eigenvalue weighted by Gasteiger charge is 2.21. The highest BCUT2D eigenvalue weighted by Crippen LogP contribution is 2.40. The third kappa shape index (κ3) is 6.08. The maximum Gasteiger partial charge on any atom is 0.218 e. The SMILES string of the molecule is CC1CCN(/C(N)=C/C(=C\N)c2cc(F)cc(-c3ccc(N(C=O)/C=C\N(C)C)c(Cl)c3)c2O)C1. The molecule has 5 N–H and O–H groups in total. The molecule has 0 aliphatic carbocycles. The Morgan fingerprint density at radius 1 is 1.26 bits per heavy atom. The number of rotatable bonds is 8. The van der Waals surface area contributed by atoms with Crippen molar-refractivity contribution in [1.82, 2.24) is 9.80 Å². The number of nitrogens with zero attached hydrogens (tertiary/aromatic N) is 3. The monoisotopic (exact) mass is 499 g/mol. The summed E-state index contributed by atoms with van der Waals surface area (Å²) in [6.45, 7) is 3.81. The van der Waals surface area contributed by atoms with Gasteiger partial charge in [0.25, 0.3) is 0 Å². The second-order valence-electron chi connectivity index (χ2n) is 8.82. The van der Waals surface area contributed by atoms with E-state index < -0.39 is 5.82 Å². The molecule has 1 fully saturated rings. The minimum atomic E-state index is -0.558. The predicted molar refractivity (Wildman–Crippen MR) is 140 cm³/mol. The van der Waals surface area contributed by atoms with Crippen molar-refractivity contribution in [3.8, 4) is 16.9 Å². The number of carbonyl (C=O) groups excluding carboxylic acids is 1. The number of hydrogen-bond donors (Lipinski definition) is 3. The van der Waals surface area contributed by atoms with E-state index in [9.17, 15) is 14.3 Å². The van der Waals surface area contributed by atoms with E-state index in [0.717, 1.165) is 19.5 Å². The van der Waals surface area contributed by atoms with Crippen LogP contribution in [0.2, 0.25) is 5.02 Å². The number of phenolic OH excluding ortho intramolecular Hbond substituents is 1. The molecule has 1 aliphatic heterocycles. The van der Waals surface area contributed by atoms with Gasteiger partial charge in [0.05, 0.1) is 16.5 Å². The predicted octanol–water partition coefficient (Wildman–Crippen LogP) is 4.29. The summed E-state index contributed by atoms with van der Waals surface area (Å²) in [5.74, 6) is 0.314. The van der Waals surface area contributed by atoms with Crippen molar-refractivity contribution in [2.24, 2.45) is 17.4 Å². The molecule has 0 saturated carbocycles. The van der Waals surface area contributed by atoms with Crippen molar-refractivity contribution >= 4 is 29.3 Å². The standard InChI is InChI=1S/C26H31ClFN5O2/c1-17-6-7-32(15-17)25(30)11-19(14-29)22-13-20(28)12-21(26(22)35)18-4-5-24(23(27)10-18)33(16-34)9-8-31(2)3/h4-5,8-14,16-17,35H,6-7,15,29-30H2,1-3H3/b9-8-,19-14+,25-11+. The Kier molecular flexibility index (Phi) is 8.30. The fourth-order valence-corrected chi connectivity index (χ4v) is 4.21. The van der Waals surface area contributed by atoms with Crippen LogP contribution >= 0.6 is 11.6 Å². The summed E-state index contributed by atoms with van der Waals surface area (Å²) in [6, 6.07) is 7.28. The lowest BCUT2D eigenvalue weighted by molar-refractivity contribution is -0.106. The van der Waals surface area contributed by atoms with Gasteiger partial charge in [0.1, 0.15) is 11.6 Å². The largest absolute Gasteiger partial charge is 0.507 e. The van der Waals surface area contributed by atoms with Crippen LogP contribution in [0.5, 0.6) is 5.75 Å². The Hall–Kier alpha value is -3.65. The van der Waals surface area contributed by atoms with Gasteiger partial charge >= 0.3 is 0 Å². The third-order valence-electron chi connectivity index (χ3n) is 5.83. The highest BCUT2D eigenvalue weighted by atomic mass is 35.5. The number of hydrogen-bond acceptors (Lipinski definition) is 6. The molecule has 0 aromatic heterocycles. The second-order valence-corrected chi connectivity index (χ2v) is 9.23. The van der Waals surface area contributed by atoms with Crippen molar-refractivity contribution in [3.05, 3.63) is 77.2 Å². The maximum atomic E-state index is 14.7. The van der Waals surface area contributed by atoms with E-state index in [1.54, 1.807) is 41.6 Å². The molecule has 1 saturated heterocycles.